The number of hydrogen-bond donors (Lipinski definition) is 0. The van der Waals surface area contributed by atoms with E-state index in [0.717, 1.165) is 13.1 Å². The maximum Gasteiger partial charge on any atom is 0.137 e. The maximum absolute atomic E-state index is 4.22. The van der Waals surface area contributed by atoms with E-state index in [2.05, 4.69) is 33.0 Å². The zero-order chi connectivity index (χ0) is 13.1. The molecule has 0 aromatic carbocycles. The minimum Gasteiger partial charge on any atom is -0.292 e. The van der Waals surface area contributed by atoms with Gasteiger partial charge >= 0.3 is 0 Å². The summed E-state index contributed by atoms with van der Waals surface area (Å²) >= 11 is 0. The molecule has 1 fully saturated rings. The standard InChI is InChI=1S/C14H19N5/c1-12(13-4-2-6-15-8-13)19-7-3-5-14(19)9-18-11-16-10-17-18/h2,4,6,8,10-12,14H,3,5,7,9H2,1H3/t12-,14+/m0/s1. The molecule has 0 saturated carbocycles. The molecule has 2 atom stereocenters. The predicted molar refractivity (Wildman–Crippen MR) is 72.4 cm³/mol. The van der Waals surface area contributed by atoms with E-state index in [0.29, 0.717) is 12.1 Å². The Morgan fingerprint density at radius 2 is 2.37 bits per heavy atom. The molecule has 1 saturated heterocycles. The Kier molecular flexibility index (Phi) is 3.55. The van der Waals surface area contributed by atoms with Crippen LogP contribution in [0.1, 0.15) is 31.4 Å². The Bertz CT molecular complexity index is 496. The topological polar surface area (TPSA) is 46.8 Å². The van der Waals surface area contributed by atoms with E-state index in [1.54, 1.807) is 12.7 Å². The number of pyridine rings is 1. The van der Waals surface area contributed by atoms with E-state index >= 15 is 0 Å². The number of aromatic nitrogens is 4. The van der Waals surface area contributed by atoms with Crippen LogP contribution in [0.25, 0.3) is 0 Å². The molecular weight excluding hydrogens is 238 g/mol. The minimum atomic E-state index is 0.407. The van der Waals surface area contributed by atoms with Crippen LogP contribution in [0.15, 0.2) is 37.2 Å². The van der Waals surface area contributed by atoms with Crippen molar-refractivity contribution in [1.29, 1.82) is 0 Å². The van der Waals surface area contributed by atoms with Crippen LogP contribution in [-0.2, 0) is 6.54 Å². The van der Waals surface area contributed by atoms with E-state index in [4.69, 9.17) is 0 Å². The molecule has 0 bridgehead atoms. The Hall–Kier alpha value is -1.75. The highest BCUT2D eigenvalue weighted by Crippen LogP contribution is 2.29. The molecule has 0 amide bonds. The van der Waals surface area contributed by atoms with Gasteiger partial charge in [0.2, 0.25) is 0 Å². The Morgan fingerprint density at radius 3 is 3.11 bits per heavy atom. The highest BCUT2D eigenvalue weighted by atomic mass is 15.3. The first-order chi connectivity index (χ1) is 9.34. The molecule has 0 radical (unpaired) electrons. The monoisotopic (exact) mass is 257 g/mol. The third kappa shape index (κ3) is 2.66. The van der Waals surface area contributed by atoms with Gasteiger partial charge in [-0.3, -0.25) is 14.6 Å². The summed E-state index contributed by atoms with van der Waals surface area (Å²) in [6.07, 6.45) is 9.67. The quantitative estimate of drug-likeness (QED) is 0.839. The molecule has 1 aliphatic rings. The Labute approximate surface area is 113 Å². The van der Waals surface area contributed by atoms with Crippen LogP contribution in [0.3, 0.4) is 0 Å². The molecule has 3 heterocycles. The zero-order valence-corrected chi connectivity index (χ0v) is 11.2. The van der Waals surface area contributed by atoms with Gasteiger partial charge in [-0.1, -0.05) is 6.07 Å². The van der Waals surface area contributed by atoms with Crippen molar-refractivity contribution in [2.45, 2.75) is 38.4 Å². The van der Waals surface area contributed by atoms with Gasteiger partial charge in [0.1, 0.15) is 12.7 Å². The number of hydrogen-bond acceptors (Lipinski definition) is 4. The zero-order valence-electron chi connectivity index (χ0n) is 11.2. The van der Waals surface area contributed by atoms with Crippen LogP contribution in [0.2, 0.25) is 0 Å². The third-order valence-corrected chi connectivity index (χ3v) is 3.95. The molecule has 0 unspecified atom stereocenters. The first-order valence-corrected chi connectivity index (χ1v) is 6.82. The van der Waals surface area contributed by atoms with Crippen LogP contribution in [-0.4, -0.2) is 37.2 Å². The second kappa shape index (κ2) is 5.48. The molecule has 1 aliphatic heterocycles. The predicted octanol–water partition coefficient (Wildman–Crippen LogP) is 1.90. The van der Waals surface area contributed by atoms with Gasteiger partial charge in [-0.2, -0.15) is 5.10 Å². The lowest BCUT2D eigenvalue weighted by atomic mass is 10.1. The van der Waals surface area contributed by atoms with Crippen LogP contribution >= 0.6 is 0 Å². The van der Waals surface area contributed by atoms with Crippen molar-refractivity contribution in [3.8, 4) is 0 Å². The summed E-state index contributed by atoms with van der Waals surface area (Å²) in [5.74, 6) is 0. The van der Waals surface area contributed by atoms with Crippen LogP contribution in [0.4, 0.5) is 0 Å². The summed E-state index contributed by atoms with van der Waals surface area (Å²) in [5, 5.41) is 4.21. The van der Waals surface area contributed by atoms with Crippen molar-refractivity contribution in [2.24, 2.45) is 0 Å². The minimum absolute atomic E-state index is 0.407. The molecule has 3 rings (SSSR count). The smallest absolute Gasteiger partial charge is 0.137 e. The lowest BCUT2D eigenvalue weighted by Gasteiger charge is -2.30. The first-order valence-electron chi connectivity index (χ1n) is 6.82. The SMILES string of the molecule is C[C@@H](c1cccnc1)N1CCC[C@@H]1Cn1cncn1. The summed E-state index contributed by atoms with van der Waals surface area (Å²) in [4.78, 5) is 10.8. The average molecular weight is 257 g/mol. The second-order valence-corrected chi connectivity index (χ2v) is 5.11. The van der Waals surface area contributed by atoms with Gasteiger partial charge in [-0.15, -0.1) is 0 Å². The van der Waals surface area contributed by atoms with Crippen LogP contribution in [0.5, 0.6) is 0 Å². The lowest BCUT2D eigenvalue weighted by molar-refractivity contribution is 0.173. The fourth-order valence-corrected chi connectivity index (χ4v) is 2.92. The number of likely N-dealkylation sites (tertiary alicyclic amines) is 1. The molecule has 0 N–H and O–H groups in total. The van der Waals surface area contributed by atoms with E-state index in [-0.39, 0.29) is 0 Å². The summed E-state index contributed by atoms with van der Waals surface area (Å²) in [5.41, 5.74) is 1.29. The molecular formula is C14H19N5. The third-order valence-electron chi connectivity index (χ3n) is 3.95. The van der Waals surface area contributed by atoms with Gasteiger partial charge in [0.05, 0.1) is 6.54 Å². The molecule has 100 valence electrons. The number of rotatable bonds is 4. The lowest BCUT2D eigenvalue weighted by Crippen LogP contribution is -2.35. The van der Waals surface area contributed by atoms with E-state index in [1.165, 1.54) is 18.4 Å². The van der Waals surface area contributed by atoms with Crippen LogP contribution in [0, 0.1) is 0 Å². The Morgan fingerprint density at radius 1 is 1.42 bits per heavy atom. The van der Waals surface area contributed by atoms with Crippen molar-refractivity contribution in [1.82, 2.24) is 24.6 Å². The molecule has 0 spiro atoms. The summed E-state index contributed by atoms with van der Waals surface area (Å²) in [7, 11) is 0. The van der Waals surface area contributed by atoms with Crippen molar-refractivity contribution in [3.05, 3.63) is 42.7 Å². The first kappa shape index (κ1) is 12.3. The molecule has 5 heteroatoms. The highest BCUT2D eigenvalue weighted by Gasteiger charge is 2.29. The molecule has 0 aliphatic carbocycles. The molecule has 2 aromatic heterocycles. The Balaban J connectivity index is 1.72. The van der Waals surface area contributed by atoms with Gasteiger partial charge in [0.25, 0.3) is 0 Å². The van der Waals surface area contributed by atoms with E-state index in [1.807, 2.05) is 23.1 Å². The summed E-state index contributed by atoms with van der Waals surface area (Å²) in [6.45, 7) is 4.33. The highest BCUT2D eigenvalue weighted by molar-refractivity contribution is 5.13. The van der Waals surface area contributed by atoms with E-state index < -0.39 is 0 Å². The fourth-order valence-electron chi connectivity index (χ4n) is 2.92. The molecule has 5 nitrogen and oxygen atoms in total. The van der Waals surface area contributed by atoms with Crippen molar-refractivity contribution in [2.75, 3.05) is 6.54 Å². The van der Waals surface area contributed by atoms with Gasteiger partial charge in [0, 0.05) is 24.5 Å². The molecule has 2 aromatic rings. The largest absolute Gasteiger partial charge is 0.292 e. The molecule has 19 heavy (non-hydrogen) atoms. The number of nitrogens with zero attached hydrogens (tertiary/aromatic N) is 5. The fraction of sp³-hybridized carbons (Fsp3) is 0.500. The summed E-state index contributed by atoms with van der Waals surface area (Å²) in [6, 6.07) is 5.11. The summed E-state index contributed by atoms with van der Waals surface area (Å²) < 4.78 is 1.93. The van der Waals surface area contributed by atoms with Gasteiger partial charge in [-0.25, -0.2) is 4.98 Å². The average Bonchev–Trinajstić information content (AvgIpc) is 3.11. The van der Waals surface area contributed by atoms with Gasteiger partial charge < -0.3 is 0 Å². The van der Waals surface area contributed by atoms with E-state index in [9.17, 15) is 0 Å². The second-order valence-electron chi connectivity index (χ2n) is 5.11. The van der Waals surface area contributed by atoms with Crippen molar-refractivity contribution in [3.63, 3.8) is 0 Å². The maximum atomic E-state index is 4.22. The van der Waals surface area contributed by atoms with Crippen molar-refractivity contribution >= 4 is 0 Å². The van der Waals surface area contributed by atoms with Crippen LogP contribution < -0.4 is 0 Å². The van der Waals surface area contributed by atoms with Gasteiger partial charge in [0.15, 0.2) is 0 Å². The van der Waals surface area contributed by atoms with Gasteiger partial charge in [-0.05, 0) is 37.9 Å². The van der Waals surface area contributed by atoms with Crippen molar-refractivity contribution < 1.29 is 0 Å². The normalized spacial score (nSPS) is 21.6.